The van der Waals surface area contributed by atoms with E-state index in [1.165, 1.54) is 6.92 Å². The number of hydrogen-bond donors (Lipinski definition) is 3. The molecule has 3 N–H and O–H groups in total. The predicted octanol–water partition coefficient (Wildman–Crippen LogP) is 0.128. The number of carbonyl (C=O) groups is 3. The lowest BCUT2D eigenvalue weighted by Gasteiger charge is -2.15. The first-order chi connectivity index (χ1) is 7.82. The van der Waals surface area contributed by atoms with Gasteiger partial charge < -0.3 is 15.7 Å². The third kappa shape index (κ3) is 8.24. The number of carboxylic acids is 1. The summed E-state index contributed by atoms with van der Waals surface area (Å²) in [4.78, 5) is 32.5. The SMILES string of the molecule is CC(=O)NC(C)C(=O)NCC(C)CCC(=O)O. The molecular formula is C11H20N2O4. The Bertz CT molecular complexity index is 291. The summed E-state index contributed by atoms with van der Waals surface area (Å²) in [6.45, 7) is 5.22. The highest BCUT2D eigenvalue weighted by atomic mass is 16.4. The third-order valence-electron chi connectivity index (χ3n) is 2.29. The molecule has 0 aliphatic heterocycles. The molecule has 0 spiro atoms. The number of nitrogens with one attached hydrogen (secondary N) is 2. The molecule has 2 atom stereocenters. The standard InChI is InChI=1S/C11H20N2O4/c1-7(4-5-10(15)16)6-12-11(17)8(2)13-9(3)14/h7-8H,4-6H2,1-3H3,(H,12,17)(H,13,14)(H,15,16). The predicted molar refractivity (Wildman–Crippen MR) is 62.3 cm³/mol. The van der Waals surface area contributed by atoms with Crippen LogP contribution in [0.3, 0.4) is 0 Å². The molecular weight excluding hydrogens is 224 g/mol. The molecule has 0 aromatic rings. The molecule has 6 heteroatoms. The summed E-state index contributed by atoms with van der Waals surface area (Å²) in [6.07, 6.45) is 0.614. The van der Waals surface area contributed by atoms with Gasteiger partial charge in [0.15, 0.2) is 0 Å². The highest BCUT2D eigenvalue weighted by molar-refractivity contribution is 5.86. The number of aliphatic carboxylic acids is 1. The van der Waals surface area contributed by atoms with Crippen molar-refractivity contribution in [2.24, 2.45) is 5.92 Å². The fourth-order valence-electron chi connectivity index (χ4n) is 1.27. The van der Waals surface area contributed by atoms with Gasteiger partial charge in [-0.1, -0.05) is 6.92 Å². The van der Waals surface area contributed by atoms with E-state index >= 15 is 0 Å². The van der Waals surface area contributed by atoms with Gasteiger partial charge in [-0.15, -0.1) is 0 Å². The van der Waals surface area contributed by atoms with E-state index < -0.39 is 12.0 Å². The third-order valence-corrected chi connectivity index (χ3v) is 2.29. The summed E-state index contributed by atoms with van der Waals surface area (Å²) >= 11 is 0. The van der Waals surface area contributed by atoms with Crippen LogP contribution in [-0.2, 0) is 14.4 Å². The molecule has 0 saturated carbocycles. The molecule has 17 heavy (non-hydrogen) atoms. The van der Waals surface area contributed by atoms with Crippen LogP contribution in [0.4, 0.5) is 0 Å². The Hall–Kier alpha value is -1.59. The minimum Gasteiger partial charge on any atom is -0.481 e. The second-order valence-electron chi connectivity index (χ2n) is 4.20. The van der Waals surface area contributed by atoms with Crippen molar-refractivity contribution in [2.45, 2.75) is 39.7 Å². The average Bonchev–Trinajstić information content (AvgIpc) is 2.21. The molecule has 98 valence electrons. The molecule has 2 amide bonds. The van der Waals surface area contributed by atoms with Gasteiger partial charge in [0.1, 0.15) is 6.04 Å². The Labute approximate surface area is 101 Å². The zero-order chi connectivity index (χ0) is 13.4. The minimum absolute atomic E-state index is 0.0955. The van der Waals surface area contributed by atoms with Gasteiger partial charge in [0, 0.05) is 19.9 Å². The minimum atomic E-state index is -0.838. The summed E-state index contributed by atoms with van der Waals surface area (Å²) in [7, 11) is 0. The molecule has 2 unspecified atom stereocenters. The number of rotatable bonds is 7. The van der Waals surface area contributed by atoms with Crippen LogP contribution in [0.5, 0.6) is 0 Å². The van der Waals surface area contributed by atoms with Crippen molar-refractivity contribution in [3.05, 3.63) is 0 Å². The maximum absolute atomic E-state index is 11.5. The quantitative estimate of drug-likeness (QED) is 0.593. The average molecular weight is 244 g/mol. The van der Waals surface area contributed by atoms with Gasteiger partial charge in [0.2, 0.25) is 11.8 Å². The number of carbonyl (C=O) groups excluding carboxylic acids is 2. The van der Waals surface area contributed by atoms with Gasteiger partial charge in [-0.05, 0) is 19.3 Å². The van der Waals surface area contributed by atoms with E-state index in [-0.39, 0.29) is 24.2 Å². The zero-order valence-electron chi connectivity index (χ0n) is 10.4. The van der Waals surface area contributed by atoms with Gasteiger partial charge in [0.25, 0.3) is 0 Å². The largest absolute Gasteiger partial charge is 0.481 e. The van der Waals surface area contributed by atoms with E-state index in [2.05, 4.69) is 10.6 Å². The smallest absolute Gasteiger partial charge is 0.303 e. The van der Waals surface area contributed by atoms with Crippen LogP contribution in [0.25, 0.3) is 0 Å². The first-order valence-electron chi connectivity index (χ1n) is 5.59. The monoisotopic (exact) mass is 244 g/mol. The van der Waals surface area contributed by atoms with Crippen LogP contribution in [0, 0.1) is 5.92 Å². The topological polar surface area (TPSA) is 95.5 Å². The molecule has 0 rings (SSSR count). The maximum Gasteiger partial charge on any atom is 0.303 e. The Morgan fingerprint density at radius 2 is 1.82 bits per heavy atom. The Balaban J connectivity index is 3.82. The summed E-state index contributed by atoms with van der Waals surface area (Å²) < 4.78 is 0. The summed E-state index contributed by atoms with van der Waals surface area (Å²) in [5, 5.41) is 13.6. The molecule has 0 aromatic carbocycles. The highest BCUT2D eigenvalue weighted by Crippen LogP contribution is 2.03. The fraction of sp³-hybridized carbons (Fsp3) is 0.727. The summed E-state index contributed by atoms with van der Waals surface area (Å²) in [5.74, 6) is -1.26. The van der Waals surface area contributed by atoms with Crippen molar-refractivity contribution in [3.63, 3.8) is 0 Å². The van der Waals surface area contributed by atoms with Gasteiger partial charge in [-0.3, -0.25) is 14.4 Å². The van der Waals surface area contributed by atoms with Crippen LogP contribution in [-0.4, -0.2) is 35.5 Å². The molecule has 0 saturated heterocycles. The number of hydrogen-bond acceptors (Lipinski definition) is 3. The van der Waals surface area contributed by atoms with Crippen molar-refractivity contribution in [2.75, 3.05) is 6.54 Å². The van der Waals surface area contributed by atoms with Crippen LogP contribution in [0.1, 0.15) is 33.6 Å². The summed E-state index contributed by atoms with van der Waals surface area (Å²) in [6, 6.07) is -0.570. The maximum atomic E-state index is 11.5. The van der Waals surface area contributed by atoms with Crippen molar-refractivity contribution < 1.29 is 19.5 Å². The van der Waals surface area contributed by atoms with Crippen molar-refractivity contribution in [1.29, 1.82) is 0 Å². The van der Waals surface area contributed by atoms with Crippen LogP contribution < -0.4 is 10.6 Å². The first kappa shape index (κ1) is 15.4. The van der Waals surface area contributed by atoms with Gasteiger partial charge >= 0.3 is 5.97 Å². The molecule has 0 fully saturated rings. The van der Waals surface area contributed by atoms with E-state index in [1.807, 2.05) is 6.92 Å². The number of carboxylic acid groups (broad SMARTS) is 1. The van der Waals surface area contributed by atoms with E-state index in [0.29, 0.717) is 13.0 Å². The molecule has 0 radical (unpaired) electrons. The second kappa shape index (κ2) is 7.65. The van der Waals surface area contributed by atoms with Crippen molar-refractivity contribution in [3.8, 4) is 0 Å². The van der Waals surface area contributed by atoms with E-state index in [4.69, 9.17) is 5.11 Å². The first-order valence-corrected chi connectivity index (χ1v) is 5.59. The molecule has 6 nitrogen and oxygen atoms in total. The van der Waals surface area contributed by atoms with Crippen molar-refractivity contribution in [1.82, 2.24) is 10.6 Å². The second-order valence-corrected chi connectivity index (χ2v) is 4.20. The Morgan fingerprint density at radius 1 is 1.24 bits per heavy atom. The Kier molecular flexibility index (Phi) is 6.93. The fourth-order valence-corrected chi connectivity index (χ4v) is 1.27. The van der Waals surface area contributed by atoms with Gasteiger partial charge in [-0.25, -0.2) is 0 Å². The Morgan fingerprint density at radius 3 is 2.29 bits per heavy atom. The van der Waals surface area contributed by atoms with Gasteiger partial charge in [0.05, 0.1) is 0 Å². The number of amides is 2. The van der Waals surface area contributed by atoms with E-state index in [9.17, 15) is 14.4 Å². The molecule has 0 aliphatic rings. The van der Waals surface area contributed by atoms with Gasteiger partial charge in [-0.2, -0.15) is 0 Å². The molecule has 0 heterocycles. The normalized spacial score (nSPS) is 13.6. The highest BCUT2D eigenvalue weighted by Gasteiger charge is 2.14. The molecule has 0 aliphatic carbocycles. The summed E-state index contributed by atoms with van der Waals surface area (Å²) in [5.41, 5.74) is 0. The van der Waals surface area contributed by atoms with Crippen molar-refractivity contribution >= 4 is 17.8 Å². The molecule has 0 aromatic heterocycles. The lowest BCUT2D eigenvalue weighted by atomic mass is 10.1. The van der Waals surface area contributed by atoms with E-state index in [0.717, 1.165) is 0 Å². The van der Waals surface area contributed by atoms with Crippen LogP contribution >= 0.6 is 0 Å². The lowest BCUT2D eigenvalue weighted by molar-refractivity contribution is -0.137. The molecule has 0 bridgehead atoms. The van der Waals surface area contributed by atoms with E-state index in [1.54, 1.807) is 6.92 Å². The zero-order valence-corrected chi connectivity index (χ0v) is 10.4. The lowest BCUT2D eigenvalue weighted by Crippen LogP contribution is -2.45. The van der Waals surface area contributed by atoms with Crippen LogP contribution in [0.2, 0.25) is 0 Å². The van der Waals surface area contributed by atoms with Crippen LogP contribution in [0.15, 0.2) is 0 Å².